The molecule has 2 N–H and O–H groups in total. The fraction of sp³-hybridized carbons (Fsp3) is 0.450. The molecule has 2 rings (SSSR count). The number of carbonyl (C=O) groups is 3. The highest BCUT2D eigenvalue weighted by atomic mass is 16.5. The Labute approximate surface area is 159 Å². The van der Waals surface area contributed by atoms with Crippen molar-refractivity contribution >= 4 is 17.6 Å². The zero-order valence-electron chi connectivity index (χ0n) is 15.7. The zero-order chi connectivity index (χ0) is 19.6. The third-order valence-corrected chi connectivity index (χ3v) is 3.91. The van der Waals surface area contributed by atoms with Gasteiger partial charge < -0.3 is 20.1 Å². The van der Waals surface area contributed by atoms with E-state index in [0.717, 1.165) is 0 Å². The third-order valence-electron chi connectivity index (χ3n) is 3.91. The van der Waals surface area contributed by atoms with Crippen LogP contribution in [-0.2, 0) is 25.7 Å². The molecule has 0 saturated carbocycles. The van der Waals surface area contributed by atoms with Crippen LogP contribution in [0.3, 0.4) is 0 Å². The molecule has 2 amide bonds. The van der Waals surface area contributed by atoms with E-state index in [9.17, 15) is 14.4 Å². The molecule has 0 radical (unpaired) electrons. The van der Waals surface area contributed by atoms with E-state index in [1.165, 1.54) is 0 Å². The maximum Gasteiger partial charge on any atom is 0.289 e. The van der Waals surface area contributed by atoms with Gasteiger partial charge in [-0.1, -0.05) is 30.4 Å². The lowest BCUT2D eigenvalue weighted by molar-refractivity contribution is -0.139. The first kappa shape index (κ1) is 20.8. The van der Waals surface area contributed by atoms with Gasteiger partial charge in [-0.15, -0.1) is 0 Å². The summed E-state index contributed by atoms with van der Waals surface area (Å²) in [7, 11) is 0. The number of rotatable bonds is 3. The van der Waals surface area contributed by atoms with Gasteiger partial charge in [0.25, 0.3) is 11.8 Å². The fourth-order valence-electron chi connectivity index (χ4n) is 2.58. The molecule has 0 bridgehead atoms. The normalized spacial score (nSPS) is 20.1. The summed E-state index contributed by atoms with van der Waals surface area (Å²) in [5.41, 5.74) is 1.13. The molecular formula is C20H26N2O5. The topological polar surface area (TPSA) is 93.7 Å². The van der Waals surface area contributed by atoms with Gasteiger partial charge in [0.2, 0.25) is 5.78 Å². The van der Waals surface area contributed by atoms with E-state index in [0.29, 0.717) is 30.9 Å². The number of nitrogens with one attached hydrogen (secondary N) is 2. The number of amides is 2. The summed E-state index contributed by atoms with van der Waals surface area (Å²) in [4.78, 5) is 37.3. The van der Waals surface area contributed by atoms with Crippen LogP contribution in [0.4, 0.5) is 0 Å². The molecule has 1 atom stereocenters. The van der Waals surface area contributed by atoms with E-state index in [1.807, 2.05) is 6.07 Å². The summed E-state index contributed by atoms with van der Waals surface area (Å²) < 4.78 is 11.0. The van der Waals surface area contributed by atoms with Crippen LogP contribution in [0.5, 0.6) is 0 Å². The van der Waals surface area contributed by atoms with E-state index >= 15 is 0 Å². The lowest BCUT2D eigenvalue weighted by atomic mass is 10.0. The van der Waals surface area contributed by atoms with Gasteiger partial charge in [-0.25, -0.2) is 0 Å². The number of benzene rings is 1. The van der Waals surface area contributed by atoms with Gasteiger partial charge in [0.1, 0.15) is 6.04 Å². The van der Waals surface area contributed by atoms with Crippen molar-refractivity contribution in [3.05, 3.63) is 47.5 Å². The van der Waals surface area contributed by atoms with Crippen molar-refractivity contribution in [2.24, 2.45) is 0 Å². The molecule has 7 heteroatoms. The Morgan fingerprint density at radius 1 is 1.15 bits per heavy atom. The summed E-state index contributed by atoms with van der Waals surface area (Å²) in [5.74, 6) is -1.80. The van der Waals surface area contributed by atoms with Crippen LogP contribution in [0.1, 0.15) is 36.2 Å². The zero-order valence-corrected chi connectivity index (χ0v) is 15.7. The Bertz CT molecular complexity index is 699. The molecule has 1 aromatic rings. The van der Waals surface area contributed by atoms with Crippen molar-refractivity contribution in [2.45, 2.75) is 39.0 Å². The van der Waals surface area contributed by atoms with Crippen molar-refractivity contribution in [2.75, 3.05) is 19.8 Å². The first-order valence-corrected chi connectivity index (χ1v) is 9.03. The van der Waals surface area contributed by atoms with Crippen LogP contribution in [0.25, 0.3) is 0 Å². The Balaban J connectivity index is 2.23. The molecule has 0 unspecified atom stereocenters. The second-order valence-corrected chi connectivity index (χ2v) is 6.51. The molecule has 1 aliphatic rings. The highest BCUT2D eigenvalue weighted by Crippen LogP contribution is 2.12. The summed E-state index contributed by atoms with van der Waals surface area (Å²) in [5, 5.41) is 5.25. The first-order chi connectivity index (χ1) is 13.0. The minimum Gasteiger partial charge on any atom is -0.375 e. The number of ketones is 1. The van der Waals surface area contributed by atoms with Crippen LogP contribution >= 0.6 is 0 Å². The second-order valence-electron chi connectivity index (χ2n) is 6.51. The molecule has 7 nitrogen and oxygen atoms in total. The van der Waals surface area contributed by atoms with Crippen molar-refractivity contribution < 1.29 is 23.9 Å². The summed E-state index contributed by atoms with van der Waals surface area (Å²) >= 11 is 0. The molecule has 0 fully saturated rings. The molecule has 1 aromatic carbocycles. The summed E-state index contributed by atoms with van der Waals surface area (Å²) in [6, 6.07) is 5.90. The SMILES string of the molecule is CC(C)NC(=O)C(=O)[C@@H]1C/C=C/COCCOCc2ccccc2C(=O)N1. The Hall–Kier alpha value is -2.51. The van der Waals surface area contributed by atoms with E-state index in [1.54, 1.807) is 44.2 Å². The van der Waals surface area contributed by atoms with Gasteiger partial charge in [0.15, 0.2) is 0 Å². The van der Waals surface area contributed by atoms with E-state index in [2.05, 4.69) is 10.6 Å². The number of hydrogen-bond donors (Lipinski definition) is 2. The van der Waals surface area contributed by atoms with Gasteiger partial charge >= 0.3 is 0 Å². The molecule has 1 heterocycles. The Morgan fingerprint density at radius 3 is 2.67 bits per heavy atom. The molecule has 1 aliphatic heterocycles. The monoisotopic (exact) mass is 374 g/mol. The minimum absolute atomic E-state index is 0.169. The molecule has 0 saturated heterocycles. The van der Waals surface area contributed by atoms with Crippen molar-refractivity contribution in [3.63, 3.8) is 0 Å². The summed E-state index contributed by atoms with van der Waals surface area (Å²) in [6.07, 6.45) is 3.69. The van der Waals surface area contributed by atoms with Crippen molar-refractivity contribution in [1.29, 1.82) is 0 Å². The van der Waals surface area contributed by atoms with Crippen molar-refractivity contribution in [1.82, 2.24) is 10.6 Å². The number of Topliss-reactive ketones (excluding diaryl/α,β-unsaturated/α-hetero) is 1. The molecule has 146 valence electrons. The molecular weight excluding hydrogens is 348 g/mol. The molecule has 0 aromatic heterocycles. The van der Waals surface area contributed by atoms with E-state index in [-0.39, 0.29) is 19.1 Å². The predicted octanol–water partition coefficient (Wildman–Crippen LogP) is 1.37. The fourth-order valence-corrected chi connectivity index (χ4v) is 2.58. The lowest BCUT2D eigenvalue weighted by Gasteiger charge is -2.18. The Morgan fingerprint density at radius 2 is 1.89 bits per heavy atom. The van der Waals surface area contributed by atoms with E-state index < -0.39 is 23.6 Å². The highest BCUT2D eigenvalue weighted by molar-refractivity contribution is 6.38. The minimum atomic E-state index is -0.954. The first-order valence-electron chi connectivity index (χ1n) is 9.03. The summed E-state index contributed by atoms with van der Waals surface area (Å²) in [6.45, 7) is 5.01. The van der Waals surface area contributed by atoms with Gasteiger partial charge in [0, 0.05) is 11.6 Å². The number of fused-ring (bicyclic) bond motifs is 1. The maximum absolute atomic E-state index is 12.7. The molecule has 0 aliphatic carbocycles. The van der Waals surface area contributed by atoms with E-state index in [4.69, 9.17) is 9.47 Å². The van der Waals surface area contributed by atoms with Crippen LogP contribution in [0, 0.1) is 0 Å². The quantitative estimate of drug-likeness (QED) is 0.616. The van der Waals surface area contributed by atoms with Gasteiger partial charge in [-0.05, 0) is 31.9 Å². The van der Waals surface area contributed by atoms with Gasteiger partial charge in [0.05, 0.1) is 26.4 Å². The number of carbonyl (C=O) groups excluding carboxylic acids is 3. The van der Waals surface area contributed by atoms with Gasteiger partial charge in [-0.3, -0.25) is 14.4 Å². The highest BCUT2D eigenvalue weighted by Gasteiger charge is 2.27. The largest absolute Gasteiger partial charge is 0.375 e. The van der Waals surface area contributed by atoms with Crippen LogP contribution in [0.2, 0.25) is 0 Å². The number of ether oxygens (including phenoxy) is 2. The average Bonchev–Trinajstić information content (AvgIpc) is 2.64. The van der Waals surface area contributed by atoms with Crippen LogP contribution < -0.4 is 10.6 Å². The third kappa shape index (κ3) is 6.62. The predicted molar refractivity (Wildman–Crippen MR) is 100 cm³/mol. The Kier molecular flexibility index (Phi) is 8.16. The average molecular weight is 374 g/mol. The molecule has 0 spiro atoms. The van der Waals surface area contributed by atoms with Crippen LogP contribution in [-0.4, -0.2) is 49.5 Å². The maximum atomic E-state index is 12.7. The van der Waals surface area contributed by atoms with Crippen molar-refractivity contribution in [3.8, 4) is 0 Å². The standard InChI is InChI=1S/C20H26N2O5/c1-14(2)21-20(25)18(23)17-9-5-6-10-26-11-12-27-13-15-7-3-4-8-16(15)19(24)22-17/h3-8,14,17H,9-13H2,1-2H3,(H,21,25)(H,22,24)/b6-5+/t17-/m0/s1. The smallest absolute Gasteiger partial charge is 0.289 e. The van der Waals surface area contributed by atoms with Crippen LogP contribution in [0.15, 0.2) is 36.4 Å². The second kappa shape index (κ2) is 10.6. The van der Waals surface area contributed by atoms with Gasteiger partial charge in [-0.2, -0.15) is 0 Å². The number of hydrogen-bond acceptors (Lipinski definition) is 5. The lowest BCUT2D eigenvalue weighted by Crippen LogP contribution is -2.48. The molecule has 27 heavy (non-hydrogen) atoms.